The lowest BCUT2D eigenvalue weighted by Gasteiger charge is -2.16. The molecule has 0 unspecified atom stereocenters. The van der Waals surface area contributed by atoms with Crippen molar-refractivity contribution < 1.29 is 13.9 Å². The zero-order valence-electron chi connectivity index (χ0n) is 11.7. The molecule has 1 heterocycles. The smallest absolute Gasteiger partial charge is 0.373 e. The lowest BCUT2D eigenvalue weighted by molar-refractivity contribution is 0.0563. The number of methoxy groups -OCH3 is 1. The summed E-state index contributed by atoms with van der Waals surface area (Å²) in [5.41, 5.74) is 0. The van der Waals surface area contributed by atoms with E-state index in [1.165, 1.54) is 45.1 Å². The van der Waals surface area contributed by atoms with Crippen molar-refractivity contribution in [2.75, 3.05) is 7.11 Å². The zero-order valence-corrected chi connectivity index (χ0v) is 11.7. The van der Waals surface area contributed by atoms with Gasteiger partial charge in [-0.3, -0.25) is 0 Å². The Hall–Kier alpha value is -1.25. The summed E-state index contributed by atoms with van der Waals surface area (Å²) in [6, 6.07) is 3.59. The SMILES string of the molecule is COC(=O)c1ccc([C]2CCCCCCC2)o1.[CH2].[CH2]. The van der Waals surface area contributed by atoms with Gasteiger partial charge in [0.15, 0.2) is 0 Å². The van der Waals surface area contributed by atoms with Crippen molar-refractivity contribution in [1.82, 2.24) is 0 Å². The molecule has 0 spiro atoms. The summed E-state index contributed by atoms with van der Waals surface area (Å²) >= 11 is 0. The highest BCUT2D eigenvalue weighted by Crippen LogP contribution is 2.31. The van der Waals surface area contributed by atoms with Crippen molar-refractivity contribution in [3.63, 3.8) is 0 Å². The van der Waals surface area contributed by atoms with Crippen LogP contribution in [0, 0.1) is 20.8 Å². The number of ether oxygens (including phenoxy) is 1. The molecular weight excluding hydrogens is 240 g/mol. The van der Waals surface area contributed by atoms with E-state index in [-0.39, 0.29) is 14.9 Å². The third kappa shape index (κ3) is 4.73. The first-order valence-electron chi connectivity index (χ1n) is 6.34. The fourth-order valence-corrected chi connectivity index (χ4v) is 2.32. The molecule has 0 bridgehead atoms. The minimum absolute atomic E-state index is 0. The van der Waals surface area contributed by atoms with Gasteiger partial charge in [-0.05, 0) is 25.0 Å². The highest BCUT2D eigenvalue weighted by molar-refractivity contribution is 5.86. The Labute approximate surface area is 117 Å². The van der Waals surface area contributed by atoms with E-state index < -0.39 is 5.97 Å². The molecule has 3 heteroatoms. The van der Waals surface area contributed by atoms with Crippen LogP contribution in [0.5, 0.6) is 0 Å². The molecule has 0 amide bonds. The average Bonchev–Trinajstić information content (AvgIpc) is 2.77. The fraction of sp³-hybridized carbons (Fsp3) is 0.500. The number of hydrogen-bond acceptors (Lipinski definition) is 3. The second-order valence-corrected chi connectivity index (χ2v) is 4.53. The van der Waals surface area contributed by atoms with Gasteiger partial charge in [-0.1, -0.05) is 47.0 Å². The van der Waals surface area contributed by atoms with Crippen LogP contribution in [0.4, 0.5) is 0 Å². The Bertz CT molecular complexity index is 360. The maximum Gasteiger partial charge on any atom is 0.373 e. The van der Waals surface area contributed by atoms with Crippen LogP contribution in [0.1, 0.15) is 61.3 Å². The van der Waals surface area contributed by atoms with Crippen LogP contribution in [0.25, 0.3) is 0 Å². The minimum atomic E-state index is -0.400. The van der Waals surface area contributed by atoms with Crippen LogP contribution in [-0.2, 0) is 4.74 Å². The highest BCUT2D eigenvalue weighted by Gasteiger charge is 2.19. The Morgan fingerprint density at radius 1 is 1.05 bits per heavy atom. The quantitative estimate of drug-likeness (QED) is 0.743. The molecule has 1 aliphatic carbocycles. The molecule has 1 aliphatic rings. The second-order valence-electron chi connectivity index (χ2n) is 4.53. The Balaban J connectivity index is 0.00000162. The van der Waals surface area contributed by atoms with Crippen LogP contribution in [0.2, 0.25) is 0 Å². The normalized spacial score (nSPS) is 16.5. The van der Waals surface area contributed by atoms with E-state index in [9.17, 15) is 4.79 Å². The van der Waals surface area contributed by atoms with E-state index in [4.69, 9.17) is 4.42 Å². The second kappa shape index (κ2) is 8.78. The van der Waals surface area contributed by atoms with Gasteiger partial charge in [-0.2, -0.15) is 0 Å². The standard InChI is InChI=1S/C14H19O3.2CH2/c1-16-14(15)13-10-9-12(17-13)11-7-5-3-2-4-6-8-11;;/h9-10H,2-8H2,1H3;2*1H2. The topological polar surface area (TPSA) is 39.4 Å². The predicted molar refractivity (Wildman–Crippen MR) is 75.4 cm³/mol. The van der Waals surface area contributed by atoms with E-state index in [0.29, 0.717) is 5.76 Å². The number of esters is 1. The Morgan fingerprint density at radius 2 is 1.63 bits per heavy atom. The fourth-order valence-electron chi connectivity index (χ4n) is 2.32. The first-order valence-corrected chi connectivity index (χ1v) is 6.34. The number of carbonyl (C=O) groups is 1. The third-order valence-corrected chi connectivity index (χ3v) is 3.30. The molecule has 5 radical (unpaired) electrons. The first-order chi connectivity index (χ1) is 8.31. The van der Waals surface area contributed by atoms with Gasteiger partial charge in [0.25, 0.3) is 0 Å². The summed E-state index contributed by atoms with van der Waals surface area (Å²) in [4.78, 5) is 11.3. The van der Waals surface area contributed by atoms with Gasteiger partial charge in [0.05, 0.1) is 7.11 Å². The predicted octanol–water partition coefficient (Wildman–Crippen LogP) is 4.39. The number of carbonyl (C=O) groups excluding carboxylic acids is 1. The molecule has 0 aliphatic heterocycles. The Morgan fingerprint density at radius 3 is 2.21 bits per heavy atom. The first kappa shape index (κ1) is 17.8. The van der Waals surface area contributed by atoms with E-state index in [1.807, 2.05) is 6.07 Å². The van der Waals surface area contributed by atoms with Gasteiger partial charge in [-0.15, -0.1) is 0 Å². The van der Waals surface area contributed by atoms with E-state index >= 15 is 0 Å². The molecule has 0 aromatic carbocycles. The molecule has 19 heavy (non-hydrogen) atoms. The van der Waals surface area contributed by atoms with Gasteiger partial charge >= 0.3 is 5.97 Å². The van der Waals surface area contributed by atoms with Crippen LogP contribution in [0.3, 0.4) is 0 Å². The van der Waals surface area contributed by atoms with E-state index in [1.54, 1.807) is 6.07 Å². The molecule has 3 nitrogen and oxygen atoms in total. The largest absolute Gasteiger partial charge is 0.463 e. The van der Waals surface area contributed by atoms with Crippen molar-refractivity contribution in [3.8, 4) is 0 Å². The summed E-state index contributed by atoms with van der Waals surface area (Å²) in [6.07, 6.45) is 8.58. The lowest BCUT2D eigenvalue weighted by atomic mass is 9.89. The number of hydrogen-bond donors (Lipinski definition) is 0. The molecule has 105 valence electrons. The van der Waals surface area contributed by atoms with Gasteiger partial charge in [0, 0.05) is 5.92 Å². The monoisotopic (exact) mass is 263 g/mol. The van der Waals surface area contributed by atoms with Gasteiger partial charge in [-0.25, -0.2) is 4.79 Å². The molecule has 0 N–H and O–H groups in total. The molecule has 1 fully saturated rings. The number of rotatable bonds is 2. The van der Waals surface area contributed by atoms with Gasteiger partial charge < -0.3 is 9.15 Å². The molecule has 1 saturated carbocycles. The number of furan rings is 1. The summed E-state index contributed by atoms with van der Waals surface area (Å²) in [7, 11) is 1.37. The Kier molecular flexibility index (Phi) is 8.21. The van der Waals surface area contributed by atoms with Crippen LogP contribution >= 0.6 is 0 Å². The third-order valence-electron chi connectivity index (χ3n) is 3.30. The summed E-state index contributed by atoms with van der Waals surface area (Å²) < 4.78 is 10.2. The van der Waals surface area contributed by atoms with Crippen molar-refractivity contribution in [2.24, 2.45) is 0 Å². The molecule has 2 rings (SSSR count). The highest BCUT2D eigenvalue weighted by atomic mass is 16.5. The van der Waals surface area contributed by atoms with Crippen LogP contribution in [-0.4, -0.2) is 13.1 Å². The van der Waals surface area contributed by atoms with E-state index in [0.717, 1.165) is 18.6 Å². The maximum absolute atomic E-state index is 11.3. The van der Waals surface area contributed by atoms with Crippen molar-refractivity contribution in [1.29, 1.82) is 0 Å². The molecule has 0 atom stereocenters. The summed E-state index contributed by atoms with van der Waals surface area (Å²) in [5.74, 6) is 2.12. The minimum Gasteiger partial charge on any atom is -0.463 e. The van der Waals surface area contributed by atoms with Gasteiger partial charge in [0.2, 0.25) is 5.76 Å². The lowest BCUT2D eigenvalue weighted by Crippen LogP contribution is -2.03. The van der Waals surface area contributed by atoms with Crippen LogP contribution < -0.4 is 0 Å². The average molecular weight is 263 g/mol. The molecule has 1 aromatic rings. The molecule has 0 saturated heterocycles. The van der Waals surface area contributed by atoms with Gasteiger partial charge in [0.1, 0.15) is 5.76 Å². The summed E-state index contributed by atoms with van der Waals surface area (Å²) in [5, 5.41) is 0. The zero-order chi connectivity index (χ0) is 12.1. The maximum atomic E-state index is 11.3. The van der Waals surface area contributed by atoms with Crippen molar-refractivity contribution in [2.45, 2.75) is 44.9 Å². The van der Waals surface area contributed by atoms with Crippen molar-refractivity contribution >= 4 is 5.97 Å². The molecular formula is C16H23O3. The molecule has 1 aromatic heterocycles. The van der Waals surface area contributed by atoms with Crippen molar-refractivity contribution in [3.05, 3.63) is 44.4 Å². The van der Waals surface area contributed by atoms with E-state index in [2.05, 4.69) is 4.74 Å². The summed E-state index contributed by atoms with van der Waals surface area (Å²) in [6.45, 7) is 0. The van der Waals surface area contributed by atoms with Crippen LogP contribution in [0.15, 0.2) is 16.5 Å².